The Balaban J connectivity index is 1.92. The number of unbranched alkanes of at least 4 members (excludes halogenated alkanes) is 12. The van der Waals surface area contributed by atoms with Crippen LogP contribution in [0.4, 0.5) is 0 Å². The number of carbonyl (C=O) groups is 2. The van der Waals surface area contributed by atoms with Gasteiger partial charge in [-0.3, -0.25) is 9.59 Å². The molecule has 31 heavy (non-hydrogen) atoms. The van der Waals surface area contributed by atoms with Crippen LogP contribution in [0.2, 0.25) is 0 Å². The van der Waals surface area contributed by atoms with Crippen LogP contribution in [-0.4, -0.2) is 18.5 Å². The fraction of sp³-hybridized carbons (Fsp3) is 0.704. The van der Waals surface area contributed by atoms with Gasteiger partial charge in [0.05, 0.1) is 19.4 Å². The average Bonchev–Trinajstić information content (AvgIpc) is 2.75. The first-order chi connectivity index (χ1) is 15.0. The molecule has 1 rings (SSSR count). The summed E-state index contributed by atoms with van der Waals surface area (Å²) in [5, 5.41) is 0. The van der Waals surface area contributed by atoms with Crippen molar-refractivity contribution in [2.24, 2.45) is 0 Å². The van der Waals surface area contributed by atoms with Crippen LogP contribution in [0, 0.1) is 13.8 Å². The molecule has 0 aliphatic heterocycles. The van der Waals surface area contributed by atoms with Gasteiger partial charge in [0, 0.05) is 0 Å². The summed E-state index contributed by atoms with van der Waals surface area (Å²) < 4.78 is 10.6. The summed E-state index contributed by atoms with van der Waals surface area (Å²) in [4.78, 5) is 23.8. The molecule has 0 amide bonds. The maximum absolute atomic E-state index is 12.0. The summed E-state index contributed by atoms with van der Waals surface area (Å²) in [5.41, 5.74) is 2.02. The van der Waals surface area contributed by atoms with Crippen LogP contribution < -0.4 is 4.74 Å². The molecule has 0 unspecified atom stereocenters. The van der Waals surface area contributed by atoms with E-state index in [-0.39, 0.29) is 18.8 Å². The van der Waals surface area contributed by atoms with Gasteiger partial charge in [0.15, 0.2) is 0 Å². The van der Waals surface area contributed by atoms with Crippen molar-refractivity contribution in [1.82, 2.24) is 0 Å². The lowest BCUT2D eigenvalue weighted by atomic mass is 10.0. The molecule has 1 aromatic carbocycles. The molecule has 0 radical (unpaired) electrons. The van der Waals surface area contributed by atoms with Gasteiger partial charge in [0.1, 0.15) is 5.75 Å². The zero-order valence-corrected chi connectivity index (χ0v) is 20.2. The van der Waals surface area contributed by atoms with Gasteiger partial charge in [-0.1, -0.05) is 96.1 Å². The number of ether oxygens (including phenoxy) is 2. The quantitative estimate of drug-likeness (QED) is 0.136. The largest absolute Gasteiger partial charge is 0.466 e. The summed E-state index contributed by atoms with van der Waals surface area (Å²) in [5.74, 6) is -0.159. The SMILES string of the molecule is CCCCCCCCCCCCCCCOC(=O)CCC(=O)Oc1cccc(C)c1C. The predicted molar refractivity (Wildman–Crippen MR) is 127 cm³/mol. The van der Waals surface area contributed by atoms with E-state index in [2.05, 4.69) is 6.92 Å². The summed E-state index contributed by atoms with van der Waals surface area (Å²) in [7, 11) is 0. The van der Waals surface area contributed by atoms with Gasteiger partial charge in [-0.2, -0.15) is 0 Å². The Morgan fingerprint density at radius 3 is 1.81 bits per heavy atom. The van der Waals surface area contributed by atoms with Crippen molar-refractivity contribution < 1.29 is 19.1 Å². The molecule has 0 aromatic heterocycles. The molecule has 0 fully saturated rings. The molecule has 0 heterocycles. The van der Waals surface area contributed by atoms with Gasteiger partial charge in [0.25, 0.3) is 0 Å². The fourth-order valence-corrected chi connectivity index (χ4v) is 3.59. The number of carbonyl (C=O) groups excluding carboxylic acids is 2. The lowest BCUT2D eigenvalue weighted by Crippen LogP contribution is -2.13. The summed E-state index contributed by atoms with van der Waals surface area (Å²) >= 11 is 0. The van der Waals surface area contributed by atoms with Crippen molar-refractivity contribution in [2.45, 2.75) is 117 Å². The molecule has 0 aliphatic carbocycles. The number of esters is 2. The second kappa shape index (κ2) is 17.8. The Morgan fingerprint density at radius 2 is 1.23 bits per heavy atom. The van der Waals surface area contributed by atoms with E-state index in [1.54, 1.807) is 6.07 Å². The molecular formula is C27H44O4. The van der Waals surface area contributed by atoms with Crippen molar-refractivity contribution in [2.75, 3.05) is 6.61 Å². The van der Waals surface area contributed by atoms with Crippen LogP contribution in [0.1, 0.15) is 114 Å². The highest BCUT2D eigenvalue weighted by molar-refractivity contribution is 5.79. The van der Waals surface area contributed by atoms with E-state index in [0.29, 0.717) is 12.4 Å². The second-order valence-electron chi connectivity index (χ2n) is 8.64. The van der Waals surface area contributed by atoms with Gasteiger partial charge in [-0.15, -0.1) is 0 Å². The Bertz CT molecular complexity index is 624. The van der Waals surface area contributed by atoms with Gasteiger partial charge >= 0.3 is 11.9 Å². The van der Waals surface area contributed by atoms with Crippen molar-refractivity contribution in [1.29, 1.82) is 0 Å². The number of hydrogen-bond donors (Lipinski definition) is 0. The van der Waals surface area contributed by atoms with E-state index in [0.717, 1.165) is 24.0 Å². The maximum atomic E-state index is 12.0. The number of rotatable bonds is 18. The maximum Gasteiger partial charge on any atom is 0.311 e. The van der Waals surface area contributed by atoms with E-state index in [1.165, 1.54) is 70.6 Å². The summed E-state index contributed by atoms with van der Waals surface area (Å²) in [6.07, 6.45) is 16.9. The number of aryl methyl sites for hydroxylation is 1. The Kier molecular flexibility index (Phi) is 15.6. The number of hydrogen-bond acceptors (Lipinski definition) is 4. The Morgan fingerprint density at radius 1 is 0.710 bits per heavy atom. The van der Waals surface area contributed by atoms with Gasteiger partial charge in [-0.25, -0.2) is 0 Å². The molecule has 0 N–H and O–H groups in total. The Hall–Kier alpha value is -1.84. The van der Waals surface area contributed by atoms with Crippen molar-refractivity contribution in [3.05, 3.63) is 29.3 Å². The van der Waals surface area contributed by atoms with Crippen molar-refractivity contribution >= 4 is 11.9 Å². The molecular weight excluding hydrogens is 388 g/mol. The van der Waals surface area contributed by atoms with E-state index in [9.17, 15) is 9.59 Å². The minimum Gasteiger partial charge on any atom is -0.466 e. The lowest BCUT2D eigenvalue weighted by molar-refractivity contribution is -0.147. The van der Waals surface area contributed by atoms with Gasteiger partial charge in [0.2, 0.25) is 0 Å². The molecule has 1 aromatic rings. The van der Waals surface area contributed by atoms with Crippen LogP contribution in [0.3, 0.4) is 0 Å². The van der Waals surface area contributed by atoms with Crippen LogP contribution >= 0.6 is 0 Å². The monoisotopic (exact) mass is 432 g/mol. The number of benzene rings is 1. The highest BCUT2D eigenvalue weighted by atomic mass is 16.5. The third kappa shape index (κ3) is 14.0. The van der Waals surface area contributed by atoms with Crippen LogP contribution in [-0.2, 0) is 14.3 Å². The molecule has 0 spiro atoms. The van der Waals surface area contributed by atoms with Gasteiger partial charge < -0.3 is 9.47 Å². The van der Waals surface area contributed by atoms with E-state index in [4.69, 9.17) is 9.47 Å². The average molecular weight is 433 g/mol. The minimum absolute atomic E-state index is 0.0464. The third-order valence-electron chi connectivity index (χ3n) is 5.82. The molecule has 4 nitrogen and oxygen atoms in total. The van der Waals surface area contributed by atoms with Crippen molar-refractivity contribution in [3.8, 4) is 5.75 Å². The normalized spacial score (nSPS) is 10.8. The molecule has 0 saturated heterocycles. The molecule has 0 aliphatic rings. The molecule has 4 heteroatoms. The Labute approximate surface area is 190 Å². The van der Waals surface area contributed by atoms with Crippen LogP contribution in [0.15, 0.2) is 18.2 Å². The van der Waals surface area contributed by atoms with Crippen LogP contribution in [0.25, 0.3) is 0 Å². The van der Waals surface area contributed by atoms with E-state index < -0.39 is 5.97 Å². The second-order valence-corrected chi connectivity index (χ2v) is 8.64. The zero-order valence-electron chi connectivity index (χ0n) is 20.2. The van der Waals surface area contributed by atoms with Crippen molar-refractivity contribution in [3.63, 3.8) is 0 Å². The predicted octanol–water partition coefficient (Wildman–Crippen LogP) is 7.62. The van der Waals surface area contributed by atoms with Crippen LogP contribution in [0.5, 0.6) is 5.75 Å². The molecule has 0 saturated carbocycles. The first-order valence-corrected chi connectivity index (χ1v) is 12.5. The van der Waals surface area contributed by atoms with E-state index in [1.807, 2.05) is 26.0 Å². The first-order valence-electron chi connectivity index (χ1n) is 12.5. The third-order valence-corrected chi connectivity index (χ3v) is 5.82. The van der Waals surface area contributed by atoms with E-state index >= 15 is 0 Å². The summed E-state index contributed by atoms with van der Waals surface area (Å²) in [6.45, 7) is 6.60. The smallest absolute Gasteiger partial charge is 0.311 e. The zero-order chi connectivity index (χ0) is 22.7. The van der Waals surface area contributed by atoms with Gasteiger partial charge in [-0.05, 0) is 37.5 Å². The lowest BCUT2D eigenvalue weighted by Gasteiger charge is -2.09. The molecule has 176 valence electrons. The fourth-order valence-electron chi connectivity index (χ4n) is 3.59. The summed E-state index contributed by atoms with van der Waals surface area (Å²) in [6, 6.07) is 5.60. The molecule has 0 bridgehead atoms. The highest BCUT2D eigenvalue weighted by Crippen LogP contribution is 2.21. The topological polar surface area (TPSA) is 52.6 Å². The highest BCUT2D eigenvalue weighted by Gasteiger charge is 2.12. The first kappa shape index (κ1) is 27.2. The standard InChI is InChI=1S/C27H44O4/c1-4-5-6-7-8-9-10-11-12-13-14-15-16-22-30-26(28)20-21-27(29)31-25-19-17-18-23(2)24(25)3/h17-19H,4-16,20-22H2,1-3H3. The minimum atomic E-state index is -0.397. The molecule has 0 atom stereocenters.